The minimum Gasteiger partial charge on any atom is -0.370 e. The zero-order valence-electron chi connectivity index (χ0n) is 20.0. The minimum atomic E-state index is -1.40. The molecule has 4 heterocycles. The number of H-pyrrole nitrogens is 2. The normalized spacial score (nSPS) is 29.2. The summed E-state index contributed by atoms with van der Waals surface area (Å²) in [7, 11) is 3.35. The molecule has 0 radical (unpaired) electrons. The summed E-state index contributed by atoms with van der Waals surface area (Å²) in [6.07, 6.45) is 3.69. The van der Waals surface area contributed by atoms with Crippen LogP contribution in [0.4, 0.5) is 0 Å². The maximum atomic E-state index is 14.3. The van der Waals surface area contributed by atoms with Crippen molar-refractivity contribution >= 4 is 61.5 Å². The summed E-state index contributed by atoms with van der Waals surface area (Å²) in [4.78, 5) is 42.6. The summed E-state index contributed by atoms with van der Waals surface area (Å²) in [5.74, 6) is -1.97. The fourth-order valence-corrected chi connectivity index (χ4v) is 7.34. The van der Waals surface area contributed by atoms with Gasteiger partial charge in [-0.25, -0.2) is 4.99 Å². The van der Waals surface area contributed by atoms with Crippen molar-refractivity contribution in [2.75, 3.05) is 14.1 Å². The first kappa shape index (κ1) is 22.1. The summed E-state index contributed by atoms with van der Waals surface area (Å²) in [6, 6.07) is 13.6. The molecular weight excluding hydrogens is 536 g/mol. The van der Waals surface area contributed by atoms with Crippen molar-refractivity contribution in [2.45, 2.75) is 22.9 Å². The van der Waals surface area contributed by atoms with Crippen molar-refractivity contribution in [3.05, 3.63) is 70.5 Å². The van der Waals surface area contributed by atoms with Crippen LogP contribution < -0.4 is 11.1 Å². The van der Waals surface area contributed by atoms with Crippen LogP contribution in [0.15, 0.2) is 64.3 Å². The third-order valence-corrected chi connectivity index (χ3v) is 8.92. The fraction of sp³-hybridized carbons (Fsp3) is 0.231. The van der Waals surface area contributed by atoms with Crippen LogP contribution in [0.2, 0.25) is 0 Å². The van der Waals surface area contributed by atoms with Gasteiger partial charge in [0.15, 0.2) is 11.5 Å². The molecule has 10 nitrogen and oxygen atoms in total. The highest BCUT2D eigenvalue weighted by Gasteiger charge is 2.84. The van der Waals surface area contributed by atoms with E-state index >= 15 is 0 Å². The van der Waals surface area contributed by atoms with E-state index in [0.29, 0.717) is 0 Å². The Balaban J connectivity index is 1.59. The molecule has 4 aromatic rings. The molecule has 1 unspecified atom stereocenters. The molecule has 1 saturated heterocycles. The van der Waals surface area contributed by atoms with Crippen LogP contribution >= 0.6 is 15.9 Å². The highest BCUT2D eigenvalue weighted by atomic mass is 79.9. The lowest BCUT2D eigenvalue weighted by Crippen LogP contribution is -2.78. The number of rotatable bonds is 2. The maximum absolute atomic E-state index is 14.3. The Morgan fingerprint density at radius 2 is 1.65 bits per heavy atom. The van der Waals surface area contributed by atoms with Crippen LogP contribution in [0.1, 0.15) is 23.0 Å². The topological polar surface area (TPSA) is 146 Å². The van der Waals surface area contributed by atoms with E-state index in [2.05, 4.69) is 31.2 Å². The Morgan fingerprint density at radius 1 is 1.00 bits per heavy atom. The molecule has 11 heteroatoms. The molecule has 6 N–H and O–H groups in total. The van der Waals surface area contributed by atoms with E-state index in [1.807, 2.05) is 54.9 Å². The number of amides is 2. The van der Waals surface area contributed by atoms with Crippen LogP contribution in [-0.2, 0) is 9.59 Å². The van der Waals surface area contributed by atoms with Gasteiger partial charge in [-0.05, 0) is 29.3 Å². The molecule has 2 aromatic carbocycles. The van der Waals surface area contributed by atoms with Gasteiger partial charge in [-0.15, -0.1) is 0 Å². The Kier molecular flexibility index (Phi) is 4.18. The Hall–Kier alpha value is -4.12. The van der Waals surface area contributed by atoms with Gasteiger partial charge >= 0.3 is 0 Å². The maximum Gasteiger partial charge on any atom is 0.256 e. The van der Waals surface area contributed by atoms with E-state index in [1.165, 1.54) is 4.90 Å². The van der Waals surface area contributed by atoms with Crippen LogP contribution in [0, 0.1) is 5.41 Å². The average Bonchev–Trinajstić information content (AvgIpc) is 3.59. The van der Waals surface area contributed by atoms with Gasteiger partial charge in [-0.2, -0.15) is 0 Å². The van der Waals surface area contributed by atoms with Gasteiger partial charge in [-0.3, -0.25) is 25.2 Å². The van der Waals surface area contributed by atoms with E-state index in [4.69, 9.17) is 16.1 Å². The molecule has 2 spiro atoms. The summed E-state index contributed by atoms with van der Waals surface area (Å²) in [6.45, 7) is 0. The first-order valence-electron chi connectivity index (χ1n) is 11.8. The fourth-order valence-electron chi connectivity index (χ4n) is 6.98. The molecule has 1 saturated carbocycles. The van der Waals surface area contributed by atoms with Gasteiger partial charge in [0.05, 0.1) is 11.8 Å². The van der Waals surface area contributed by atoms with Crippen LogP contribution in [0.5, 0.6) is 0 Å². The summed E-state index contributed by atoms with van der Waals surface area (Å²) in [5.41, 5.74) is 6.76. The standard InChI is InChI=1S/C26H23BrN8O2/c1-34-22(37)26(35(2)24(34)29)19(15-10-30-17-6-4-3-5-13(15)17)25(21(36)32-23(28)33-25)20(26)16-11-31-18-9-12(27)7-8-14(16)18/h3-11,19-20,29-31H,1-2H3,(H3,28,32,33,36)/t19-,20+,25?,26+/m1/s1. The lowest BCUT2D eigenvalue weighted by molar-refractivity contribution is -0.153. The average molecular weight is 559 g/mol. The lowest BCUT2D eigenvalue weighted by atomic mass is 9.42. The first-order valence-corrected chi connectivity index (χ1v) is 12.6. The van der Waals surface area contributed by atoms with Crippen LogP contribution in [0.25, 0.3) is 21.8 Å². The number of nitrogens with zero attached hydrogens (tertiary/aromatic N) is 3. The van der Waals surface area contributed by atoms with Crippen molar-refractivity contribution in [1.82, 2.24) is 25.1 Å². The number of fused-ring (bicyclic) bond motifs is 2. The number of benzene rings is 2. The quantitative estimate of drug-likeness (QED) is 0.257. The van der Waals surface area contributed by atoms with E-state index in [0.717, 1.165) is 37.4 Å². The number of aromatic nitrogens is 2. The SMILES string of the molecule is CN1C(=N)N(C)[C@@]2(C1=O)[C@H](c1c[nH]c3ccccc13)C1(N=C(N)NC1=O)[C@@H]2c1c[nH]c2cc(Br)ccc12. The number of nitrogens with one attached hydrogen (secondary N) is 4. The molecule has 2 amide bonds. The summed E-state index contributed by atoms with van der Waals surface area (Å²) >= 11 is 3.52. The number of carbonyl (C=O) groups excluding carboxylic acids is 2. The van der Waals surface area contributed by atoms with Crippen molar-refractivity contribution in [1.29, 1.82) is 5.41 Å². The minimum absolute atomic E-state index is 0.0220. The Labute approximate surface area is 219 Å². The Morgan fingerprint density at radius 3 is 2.27 bits per heavy atom. The van der Waals surface area contributed by atoms with E-state index in [-0.39, 0.29) is 23.7 Å². The summed E-state index contributed by atoms with van der Waals surface area (Å²) in [5, 5.41) is 13.3. The number of nitrogens with two attached hydrogens (primary N) is 1. The summed E-state index contributed by atoms with van der Waals surface area (Å²) < 4.78 is 0.902. The number of para-hydroxylation sites is 1. The number of guanidine groups is 2. The molecule has 4 atom stereocenters. The zero-order chi connectivity index (χ0) is 25.9. The van der Waals surface area contributed by atoms with Crippen LogP contribution in [0.3, 0.4) is 0 Å². The first-order chi connectivity index (χ1) is 17.7. The second-order valence-corrected chi connectivity index (χ2v) is 10.9. The smallest absolute Gasteiger partial charge is 0.256 e. The highest BCUT2D eigenvalue weighted by Crippen LogP contribution is 2.70. The van der Waals surface area contributed by atoms with Gasteiger partial charge in [0, 0.05) is 52.8 Å². The number of halogens is 1. The molecule has 2 aliphatic heterocycles. The third kappa shape index (κ3) is 2.40. The molecule has 2 aromatic heterocycles. The largest absolute Gasteiger partial charge is 0.370 e. The second-order valence-electron chi connectivity index (χ2n) is 9.94. The predicted molar refractivity (Wildman–Crippen MR) is 143 cm³/mol. The van der Waals surface area contributed by atoms with Crippen molar-refractivity contribution in [3.8, 4) is 0 Å². The van der Waals surface area contributed by atoms with Crippen molar-refractivity contribution < 1.29 is 9.59 Å². The number of aromatic amines is 2. The predicted octanol–water partition coefficient (Wildman–Crippen LogP) is 2.55. The number of likely N-dealkylation sites (N-methyl/N-ethyl adjacent to an activating group) is 2. The molecular formula is C26H23BrN8O2. The third-order valence-electron chi connectivity index (χ3n) is 8.43. The van der Waals surface area contributed by atoms with Gasteiger partial charge in [-0.1, -0.05) is 40.2 Å². The molecule has 2 fully saturated rings. The van der Waals surface area contributed by atoms with Gasteiger partial charge in [0.1, 0.15) is 5.54 Å². The number of hydrogen-bond donors (Lipinski definition) is 5. The lowest BCUT2D eigenvalue weighted by Gasteiger charge is -2.63. The molecule has 1 aliphatic carbocycles. The van der Waals surface area contributed by atoms with E-state index in [9.17, 15) is 9.59 Å². The molecule has 186 valence electrons. The van der Waals surface area contributed by atoms with Crippen molar-refractivity contribution in [3.63, 3.8) is 0 Å². The zero-order valence-corrected chi connectivity index (χ0v) is 21.6. The molecule has 0 bridgehead atoms. The number of carbonyl (C=O) groups is 2. The van der Waals surface area contributed by atoms with Crippen LogP contribution in [-0.4, -0.2) is 68.7 Å². The van der Waals surface area contributed by atoms with E-state index in [1.54, 1.807) is 19.0 Å². The highest BCUT2D eigenvalue weighted by molar-refractivity contribution is 9.10. The molecule has 37 heavy (non-hydrogen) atoms. The Bertz CT molecular complexity index is 1720. The molecule has 7 rings (SSSR count). The second kappa shape index (κ2) is 7.00. The van der Waals surface area contributed by atoms with Crippen molar-refractivity contribution in [2.24, 2.45) is 10.7 Å². The number of hydrogen-bond acceptors (Lipinski definition) is 5. The van der Waals surface area contributed by atoms with Gasteiger partial charge < -0.3 is 20.6 Å². The van der Waals surface area contributed by atoms with Gasteiger partial charge in [0.2, 0.25) is 5.96 Å². The monoisotopic (exact) mass is 558 g/mol. The molecule has 3 aliphatic rings. The van der Waals surface area contributed by atoms with Gasteiger partial charge in [0.25, 0.3) is 11.8 Å². The number of aliphatic imine (C=N–C) groups is 1. The van der Waals surface area contributed by atoms with E-state index < -0.39 is 22.9 Å².